The number of para-hydroxylation sites is 2. The van der Waals surface area contributed by atoms with E-state index in [1.165, 1.54) is 31.2 Å². The molecule has 4 rings (SSSR count). The zero-order chi connectivity index (χ0) is 18.6. The largest absolute Gasteiger partial charge is 0.331 e. The lowest BCUT2D eigenvalue weighted by Gasteiger charge is -2.24. The molecule has 0 atom stereocenters. The second-order valence-electron chi connectivity index (χ2n) is 7.42. The van der Waals surface area contributed by atoms with Gasteiger partial charge in [-0.3, -0.25) is 4.79 Å². The molecule has 1 heterocycles. The number of benzene rings is 2. The first-order chi connectivity index (χ1) is 13.3. The van der Waals surface area contributed by atoms with Crippen LogP contribution in [-0.4, -0.2) is 26.9 Å². The first-order valence-electron chi connectivity index (χ1n) is 10.1. The van der Waals surface area contributed by atoms with Gasteiger partial charge in [0, 0.05) is 18.2 Å². The van der Waals surface area contributed by atoms with Gasteiger partial charge < -0.3 is 9.47 Å². The van der Waals surface area contributed by atoms with Gasteiger partial charge in [-0.25, -0.2) is 4.98 Å². The molecule has 2 aromatic carbocycles. The van der Waals surface area contributed by atoms with E-state index in [-0.39, 0.29) is 5.91 Å². The van der Waals surface area contributed by atoms with Gasteiger partial charge in [-0.1, -0.05) is 50.1 Å². The molecular formula is C23H27N3O. The highest BCUT2D eigenvalue weighted by molar-refractivity contribution is 5.94. The fourth-order valence-electron chi connectivity index (χ4n) is 4.23. The minimum Gasteiger partial charge on any atom is -0.331 e. The van der Waals surface area contributed by atoms with Gasteiger partial charge in [0.25, 0.3) is 5.91 Å². The normalized spacial score (nSPS) is 14.7. The van der Waals surface area contributed by atoms with Crippen LogP contribution in [0.25, 0.3) is 11.0 Å². The quantitative estimate of drug-likeness (QED) is 0.605. The number of carbonyl (C=O) groups excluding carboxylic acids is 1. The van der Waals surface area contributed by atoms with Crippen molar-refractivity contribution in [3.05, 3.63) is 66.0 Å². The molecule has 27 heavy (non-hydrogen) atoms. The molecule has 140 valence electrons. The maximum absolute atomic E-state index is 13.1. The minimum atomic E-state index is 0.0856. The summed E-state index contributed by atoms with van der Waals surface area (Å²) in [4.78, 5) is 19.9. The van der Waals surface area contributed by atoms with E-state index in [2.05, 4.69) is 29.7 Å². The van der Waals surface area contributed by atoms with E-state index in [0.29, 0.717) is 12.6 Å². The third-order valence-electron chi connectivity index (χ3n) is 5.49. The van der Waals surface area contributed by atoms with Gasteiger partial charge in [-0.15, -0.1) is 0 Å². The molecule has 0 N–H and O–H groups in total. The first-order valence-corrected chi connectivity index (χ1v) is 10.1. The molecule has 0 spiro atoms. The van der Waals surface area contributed by atoms with Crippen molar-refractivity contribution in [3.63, 3.8) is 0 Å². The third-order valence-corrected chi connectivity index (χ3v) is 5.49. The molecule has 1 fully saturated rings. The lowest BCUT2D eigenvalue weighted by molar-refractivity contribution is 0.0736. The lowest BCUT2D eigenvalue weighted by atomic mass is 10.2. The van der Waals surface area contributed by atoms with Crippen molar-refractivity contribution < 1.29 is 4.79 Å². The Balaban J connectivity index is 1.70. The molecule has 0 bridgehead atoms. The van der Waals surface area contributed by atoms with Crippen molar-refractivity contribution in [1.82, 2.24) is 14.5 Å². The van der Waals surface area contributed by atoms with Gasteiger partial charge in [0.05, 0.1) is 17.6 Å². The summed E-state index contributed by atoms with van der Waals surface area (Å²) >= 11 is 0. The minimum absolute atomic E-state index is 0.0856. The summed E-state index contributed by atoms with van der Waals surface area (Å²) in [5.41, 5.74) is 2.97. The van der Waals surface area contributed by atoms with Crippen LogP contribution in [0.15, 0.2) is 54.6 Å². The Labute approximate surface area is 160 Å². The molecule has 4 heteroatoms. The van der Waals surface area contributed by atoms with E-state index in [0.717, 1.165) is 29.9 Å². The van der Waals surface area contributed by atoms with Crippen LogP contribution in [0, 0.1) is 0 Å². The van der Waals surface area contributed by atoms with E-state index in [9.17, 15) is 4.79 Å². The number of hydrogen-bond acceptors (Lipinski definition) is 2. The zero-order valence-electron chi connectivity index (χ0n) is 16.0. The summed E-state index contributed by atoms with van der Waals surface area (Å²) in [6, 6.07) is 18.4. The highest BCUT2D eigenvalue weighted by Crippen LogP contribution is 2.34. The number of nitrogens with zero attached hydrogens (tertiary/aromatic N) is 3. The fourth-order valence-corrected chi connectivity index (χ4v) is 4.23. The number of fused-ring (bicyclic) bond motifs is 1. The molecule has 0 saturated heterocycles. The smallest absolute Gasteiger partial charge is 0.254 e. The molecule has 4 nitrogen and oxygen atoms in total. The highest BCUT2D eigenvalue weighted by atomic mass is 16.2. The van der Waals surface area contributed by atoms with Crippen molar-refractivity contribution in [2.24, 2.45) is 0 Å². The van der Waals surface area contributed by atoms with Crippen LogP contribution in [0.5, 0.6) is 0 Å². The van der Waals surface area contributed by atoms with E-state index in [1.54, 1.807) is 0 Å². The SMILES string of the molecule is CCCN(Cc1nc2ccccc2n1C1CCCC1)C(=O)c1ccccc1. The molecule has 1 amide bonds. The fraction of sp³-hybridized carbons (Fsp3) is 0.391. The molecule has 1 aliphatic carbocycles. The summed E-state index contributed by atoms with van der Waals surface area (Å²) < 4.78 is 2.41. The van der Waals surface area contributed by atoms with E-state index in [1.807, 2.05) is 41.3 Å². The Morgan fingerprint density at radius 3 is 2.52 bits per heavy atom. The molecule has 3 aromatic rings. The van der Waals surface area contributed by atoms with Gasteiger partial charge in [0.2, 0.25) is 0 Å². The van der Waals surface area contributed by atoms with Crippen LogP contribution < -0.4 is 0 Å². The topological polar surface area (TPSA) is 38.1 Å². The third kappa shape index (κ3) is 3.61. The molecule has 0 unspecified atom stereocenters. The monoisotopic (exact) mass is 361 g/mol. The van der Waals surface area contributed by atoms with Crippen LogP contribution >= 0.6 is 0 Å². The second kappa shape index (κ2) is 7.95. The highest BCUT2D eigenvalue weighted by Gasteiger charge is 2.25. The van der Waals surface area contributed by atoms with Gasteiger partial charge in [-0.05, 0) is 43.5 Å². The Bertz CT molecular complexity index is 910. The standard InChI is InChI=1S/C23H27N3O/c1-2-16-25(23(27)18-10-4-3-5-11-18)17-22-24-20-14-8-9-15-21(20)26(22)19-12-6-7-13-19/h3-5,8-11,14-15,19H,2,6-7,12-13,16-17H2,1H3. The van der Waals surface area contributed by atoms with Crippen LogP contribution in [0.3, 0.4) is 0 Å². The number of aromatic nitrogens is 2. The summed E-state index contributed by atoms with van der Waals surface area (Å²) in [6.07, 6.45) is 5.89. The lowest BCUT2D eigenvalue weighted by Crippen LogP contribution is -2.32. The van der Waals surface area contributed by atoms with Crippen molar-refractivity contribution >= 4 is 16.9 Å². The van der Waals surface area contributed by atoms with E-state index in [4.69, 9.17) is 4.98 Å². The Morgan fingerprint density at radius 1 is 1.07 bits per heavy atom. The summed E-state index contributed by atoms with van der Waals surface area (Å²) in [7, 11) is 0. The number of amides is 1. The predicted molar refractivity (Wildman–Crippen MR) is 109 cm³/mol. The van der Waals surface area contributed by atoms with Crippen LogP contribution in [0.1, 0.15) is 61.3 Å². The van der Waals surface area contributed by atoms with Crippen LogP contribution in [0.4, 0.5) is 0 Å². The summed E-state index contributed by atoms with van der Waals surface area (Å²) in [5, 5.41) is 0. The molecule has 0 aliphatic heterocycles. The Morgan fingerprint density at radius 2 is 1.78 bits per heavy atom. The first kappa shape index (κ1) is 17.8. The summed E-state index contributed by atoms with van der Waals surface area (Å²) in [6.45, 7) is 3.42. The molecule has 1 aromatic heterocycles. The van der Waals surface area contributed by atoms with Crippen molar-refractivity contribution in [2.75, 3.05) is 6.54 Å². The molecule has 1 saturated carbocycles. The number of rotatable bonds is 6. The predicted octanol–water partition coefficient (Wildman–Crippen LogP) is 5.20. The average Bonchev–Trinajstić information content (AvgIpc) is 3.34. The molecule has 1 aliphatic rings. The number of hydrogen-bond donors (Lipinski definition) is 0. The van der Waals surface area contributed by atoms with Gasteiger partial charge >= 0.3 is 0 Å². The van der Waals surface area contributed by atoms with Crippen molar-refractivity contribution in [3.8, 4) is 0 Å². The average molecular weight is 361 g/mol. The van der Waals surface area contributed by atoms with Gasteiger partial charge in [0.15, 0.2) is 0 Å². The van der Waals surface area contributed by atoms with Crippen molar-refractivity contribution in [2.45, 2.75) is 51.6 Å². The molecular weight excluding hydrogens is 334 g/mol. The maximum atomic E-state index is 13.1. The Hall–Kier alpha value is -2.62. The van der Waals surface area contributed by atoms with Gasteiger partial charge in [0.1, 0.15) is 5.82 Å². The van der Waals surface area contributed by atoms with Crippen LogP contribution in [-0.2, 0) is 6.54 Å². The number of carbonyl (C=O) groups is 1. The van der Waals surface area contributed by atoms with Crippen LogP contribution in [0.2, 0.25) is 0 Å². The maximum Gasteiger partial charge on any atom is 0.254 e. The van der Waals surface area contributed by atoms with E-state index < -0.39 is 0 Å². The van der Waals surface area contributed by atoms with Crippen molar-refractivity contribution in [1.29, 1.82) is 0 Å². The van der Waals surface area contributed by atoms with Gasteiger partial charge in [-0.2, -0.15) is 0 Å². The Kier molecular flexibility index (Phi) is 5.23. The number of imidazole rings is 1. The van der Waals surface area contributed by atoms with E-state index >= 15 is 0 Å². The zero-order valence-corrected chi connectivity index (χ0v) is 16.0. The second-order valence-corrected chi connectivity index (χ2v) is 7.42. The summed E-state index contributed by atoms with van der Waals surface area (Å²) in [5.74, 6) is 1.10. The molecule has 0 radical (unpaired) electrons.